The molecule has 0 aliphatic carbocycles. The molecule has 0 atom stereocenters. The van der Waals surface area contributed by atoms with Gasteiger partial charge in [-0.25, -0.2) is 4.98 Å². The summed E-state index contributed by atoms with van der Waals surface area (Å²) in [5, 5.41) is 0. The van der Waals surface area contributed by atoms with Crippen LogP contribution in [0.25, 0.3) is 16.9 Å². The first-order valence-electron chi connectivity index (χ1n) is 5.55. The van der Waals surface area contributed by atoms with E-state index in [0.29, 0.717) is 0 Å². The Morgan fingerprint density at radius 2 is 1.82 bits per heavy atom. The van der Waals surface area contributed by atoms with Crippen molar-refractivity contribution in [2.45, 2.75) is 6.92 Å². The third-order valence-corrected chi connectivity index (χ3v) is 2.89. The first kappa shape index (κ1) is 9.90. The SMILES string of the molecule is Cc1nc2ccccn2c1-c1ccc(N)cc1. The van der Waals surface area contributed by atoms with Gasteiger partial charge < -0.3 is 5.73 Å². The zero-order valence-corrected chi connectivity index (χ0v) is 9.59. The summed E-state index contributed by atoms with van der Waals surface area (Å²) in [6, 6.07) is 13.9. The molecule has 0 spiro atoms. The molecule has 0 fully saturated rings. The Hall–Kier alpha value is -2.29. The fourth-order valence-corrected chi connectivity index (χ4v) is 2.10. The molecule has 0 saturated carbocycles. The number of nitrogens with zero attached hydrogens (tertiary/aromatic N) is 2. The van der Waals surface area contributed by atoms with E-state index in [1.54, 1.807) is 0 Å². The largest absolute Gasteiger partial charge is 0.399 e. The summed E-state index contributed by atoms with van der Waals surface area (Å²) >= 11 is 0. The highest BCUT2D eigenvalue weighted by Crippen LogP contribution is 2.25. The molecule has 2 heterocycles. The number of hydrogen-bond acceptors (Lipinski definition) is 2. The molecule has 0 aliphatic heterocycles. The van der Waals surface area contributed by atoms with E-state index < -0.39 is 0 Å². The number of fused-ring (bicyclic) bond motifs is 1. The number of hydrogen-bond donors (Lipinski definition) is 1. The summed E-state index contributed by atoms with van der Waals surface area (Å²) in [5.74, 6) is 0. The van der Waals surface area contributed by atoms with Gasteiger partial charge in [-0.15, -0.1) is 0 Å². The van der Waals surface area contributed by atoms with Gasteiger partial charge in [-0.05, 0) is 31.2 Å². The second-order valence-electron chi connectivity index (χ2n) is 4.10. The fraction of sp³-hybridized carbons (Fsp3) is 0.0714. The molecule has 2 N–H and O–H groups in total. The minimum absolute atomic E-state index is 0.778. The maximum atomic E-state index is 5.71. The number of anilines is 1. The minimum atomic E-state index is 0.778. The van der Waals surface area contributed by atoms with Gasteiger partial charge in [0.2, 0.25) is 0 Å². The highest BCUT2D eigenvalue weighted by Gasteiger charge is 2.09. The number of nitrogens with two attached hydrogens (primary N) is 1. The van der Waals surface area contributed by atoms with Crippen LogP contribution in [-0.4, -0.2) is 9.38 Å². The molecule has 0 unspecified atom stereocenters. The molecule has 0 aliphatic rings. The molecule has 3 rings (SSSR count). The first-order chi connectivity index (χ1) is 8.25. The smallest absolute Gasteiger partial charge is 0.137 e. The van der Waals surface area contributed by atoms with Gasteiger partial charge >= 0.3 is 0 Å². The molecule has 3 aromatic rings. The number of pyridine rings is 1. The molecular weight excluding hydrogens is 210 g/mol. The molecular formula is C14H13N3. The van der Waals surface area contributed by atoms with Crippen LogP contribution >= 0.6 is 0 Å². The Morgan fingerprint density at radius 1 is 1.06 bits per heavy atom. The maximum absolute atomic E-state index is 5.71. The van der Waals surface area contributed by atoms with Crippen molar-refractivity contribution in [1.29, 1.82) is 0 Å². The van der Waals surface area contributed by atoms with Crippen LogP contribution in [0.2, 0.25) is 0 Å². The summed E-state index contributed by atoms with van der Waals surface area (Å²) in [6.45, 7) is 2.03. The lowest BCUT2D eigenvalue weighted by Gasteiger charge is -2.03. The number of imidazole rings is 1. The fourth-order valence-electron chi connectivity index (χ4n) is 2.10. The number of rotatable bonds is 1. The lowest BCUT2D eigenvalue weighted by molar-refractivity contribution is 1.19. The van der Waals surface area contributed by atoms with E-state index >= 15 is 0 Å². The molecule has 0 bridgehead atoms. The zero-order chi connectivity index (χ0) is 11.8. The third-order valence-electron chi connectivity index (χ3n) is 2.89. The average molecular weight is 223 g/mol. The molecule has 3 heteroatoms. The maximum Gasteiger partial charge on any atom is 0.137 e. The first-order valence-corrected chi connectivity index (χ1v) is 5.55. The lowest BCUT2D eigenvalue weighted by atomic mass is 10.1. The molecule has 0 saturated heterocycles. The van der Waals surface area contributed by atoms with Crippen molar-refractivity contribution in [2.75, 3.05) is 5.73 Å². The van der Waals surface area contributed by atoms with Gasteiger partial charge in [-0.3, -0.25) is 4.40 Å². The van der Waals surface area contributed by atoms with Crippen LogP contribution in [0, 0.1) is 6.92 Å². The van der Waals surface area contributed by atoms with E-state index in [4.69, 9.17) is 5.73 Å². The summed E-state index contributed by atoms with van der Waals surface area (Å²) in [7, 11) is 0. The van der Waals surface area contributed by atoms with E-state index in [1.807, 2.05) is 55.6 Å². The van der Waals surface area contributed by atoms with Crippen molar-refractivity contribution in [1.82, 2.24) is 9.38 Å². The second-order valence-corrected chi connectivity index (χ2v) is 4.10. The quantitative estimate of drug-likeness (QED) is 0.644. The van der Waals surface area contributed by atoms with Crippen LogP contribution < -0.4 is 5.73 Å². The summed E-state index contributed by atoms with van der Waals surface area (Å²) in [5.41, 5.74) is 10.7. The monoisotopic (exact) mass is 223 g/mol. The molecule has 0 radical (unpaired) electrons. The van der Waals surface area contributed by atoms with Crippen LogP contribution in [0.15, 0.2) is 48.7 Å². The standard InChI is InChI=1S/C14H13N3/c1-10-14(11-5-7-12(15)8-6-11)17-9-3-2-4-13(17)16-10/h2-9H,15H2,1H3. The Morgan fingerprint density at radius 3 is 2.59 bits per heavy atom. The van der Waals surface area contributed by atoms with Gasteiger partial charge in [0.1, 0.15) is 5.65 Å². The Balaban J connectivity index is 2.29. The van der Waals surface area contributed by atoms with Gasteiger partial charge in [0.25, 0.3) is 0 Å². The topological polar surface area (TPSA) is 43.3 Å². The van der Waals surface area contributed by atoms with Crippen molar-refractivity contribution in [2.24, 2.45) is 0 Å². The normalized spacial score (nSPS) is 10.9. The molecule has 2 aromatic heterocycles. The molecule has 84 valence electrons. The van der Waals surface area contributed by atoms with Crippen LogP contribution in [0.5, 0.6) is 0 Å². The minimum Gasteiger partial charge on any atom is -0.399 e. The van der Waals surface area contributed by atoms with Crippen molar-refractivity contribution in [3.63, 3.8) is 0 Å². The van der Waals surface area contributed by atoms with Crippen molar-refractivity contribution >= 4 is 11.3 Å². The predicted octanol–water partition coefficient (Wildman–Crippen LogP) is 2.89. The van der Waals surface area contributed by atoms with Gasteiger partial charge in [-0.1, -0.05) is 18.2 Å². The van der Waals surface area contributed by atoms with Gasteiger partial charge in [0, 0.05) is 17.4 Å². The third kappa shape index (κ3) is 1.56. The Kier molecular flexibility index (Phi) is 2.11. The molecule has 0 amide bonds. The van der Waals surface area contributed by atoms with Crippen LogP contribution in [0.4, 0.5) is 5.69 Å². The van der Waals surface area contributed by atoms with Crippen molar-refractivity contribution in [3.8, 4) is 11.3 Å². The number of nitrogen functional groups attached to an aromatic ring is 1. The van der Waals surface area contributed by atoms with Gasteiger partial charge in [0.05, 0.1) is 11.4 Å². The summed E-state index contributed by atoms with van der Waals surface area (Å²) < 4.78 is 2.10. The van der Waals surface area contributed by atoms with E-state index in [2.05, 4.69) is 9.38 Å². The van der Waals surface area contributed by atoms with Gasteiger partial charge in [-0.2, -0.15) is 0 Å². The van der Waals surface area contributed by atoms with Crippen LogP contribution in [0.3, 0.4) is 0 Å². The summed E-state index contributed by atoms with van der Waals surface area (Å²) in [4.78, 5) is 4.54. The zero-order valence-electron chi connectivity index (χ0n) is 9.59. The predicted molar refractivity (Wildman–Crippen MR) is 69.8 cm³/mol. The lowest BCUT2D eigenvalue weighted by Crippen LogP contribution is -1.89. The van der Waals surface area contributed by atoms with E-state index in [9.17, 15) is 0 Å². The van der Waals surface area contributed by atoms with E-state index in [-0.39, 0.29) is 0 Å². The van der Waals surface area contributed by atoms with Gasteiger partial charge in [0.15, 0.2) is 0 Å². The number of benzene rings is 1. The Labute approximate surface area is 99.5 Å². The van der Waals surface area contributed by atoms with Crippen molar-refractivity contribution < 1.29 is 0 Å². The summed E-state index contributed by atoms with van der Waals surface area (Å²) in [6.07, 6.45) is 2.03. The van der Waals surface area contributed by atoms with Crippen LogP contribution in [0.1, 0.15) is 5.69 Å². The molecule has 1 aromatic carbocycles. The molecule has 3 nitrogen and oxygen atoms in total. The van der Waals surface area contributed by atoms with E-state index in [1.165, 1.54) is 0 Å². The van der Waals surface area contributed by atoms with Crippen molar-refractivity contribution in [3.05, 3.63) is 54.4 Å². The second kappa shape index (κ2) is 3.63. The molecule has 17 heavy (non-hydrogen) atoms. The Bertz CT molecular complexity index is 666. The number of aromatic nitrogens is 2. The highest BCUT2D eigenvalue weighted by molar-refractivity contribution is 5.68. The van der Waals surface area contributed by atoms with E-state index in [0.717, 1.165) is 28.3 Å². The highest BCUT2D eigenvalue weighted by atomic mass is 15.0. The number of aryl methyl sites for hydroxylation is 1. The van der Waals surface area contributed by atoms with Crippen LogP contribution in [-0.2, 0) is 0 Å². The average Bonchev–Trinajstić information content (AvgIpc) is 2.66.